The number of primary amides is 1. The Labute approximate surface area is 146 Å². The number of fused-ring (bicyclic) bond motifs is 1. The lowest BCUT2D eigenvalue weighted by Gasteiger charge is -2.36. The van der Waals surface area contributed by atoms with Crippen molar-refractivity contribution in [2.45, 2.75) is 45.1 Å². The number of rotatable bonds is 5. The summed E-state index contributed by atoms with van der Waals surface area (Å²) in [5.74, 6) is 0.454. The highest BCUT2D eigenvalue weighted by molar-refractivity contribution is 7.21. The molecule has 0 spiro atoms. The monoisotopic (exact) mass is 347 g/mol. The minimum Gasteiger partial charge on any atom is -0.397 e. The standard InChI is InChI=1S/C17H25N5OS/c1-2-5-10-8-12(22-7-4-3-6-11(22)9-18)21-17-13(10)14(19)15(24-17)16(20)23/h8,11H,2-7,9,18-19H2,1H3,(H2,20,23). The third-order valence-corrected chi connectivity index (χ3v) is 5.82. The van der Waals surface area contributed by atoms with Gasteiger partial charge in [0.15, 0.2) is 0 Å². The molecule has 3 rings (SSSR count). The van der Waals surface area contributed by atoms with Crippen molar-refractivity contribution in [3.63, 3.8) is 0 Å². The van der Waals surface area contributed by atoms with Crippen LogP contribution >= 0.6 is 11.3 Å². The number of nitrogen functional groups attached to an aromatic ring is 1. The lowest BCUT2D eigenvalue weighted by atomic mass is 10.0. The summed E-state index contributed by atoms with van der Waals surface area (Å²) in [7, 11) is 0. The Morgan fingerprint density at radius 3 is 2.92 bits per heavy atom. The number of hydrogen-bond donors (Lipinski definition) is 3. The second-order valence-electron chi connectivity index (χ2n) is 6.36. The molecule has 1 unspecified atom stereocenters. The molecule has 2 aromatic heterocycles. The molecule has 1 fully saturated rings. The maximum atomic E-state index is 11.6. The number of thiophene rings is 1. The van der Waals surface area contributed by atoms with Crippen LogP contribution in [0.2, 0.25) is 0 Å². The Morgan fingerprint density at radius 2 is 2.25 bits per heavy atom. The molecule has 1 saturated heterocycles. The number of aryl methyl sites for hydroxylation is 1. The molecular weight excluding hydrogens is 322 g/mol. The largest absolute Gasteiger partial charge is 0.397 e. The number of hydrogen-bond acceptors (Lipinski definition) is 6. The molecule has 24 heavy (non-hydrogen) atoms. The molecule has 0 bridgehead atoms. The minimum absolute atomic E-state index is 0.325. The topological polar surface area (TPSA) is 111 Å². The van der Waals surface area contributed by atoms with Gasteiger partial charge in [0.2, 0.25) is 0 Å². The van der Waals surface area contributed by atoms with Gasteiger partial charge in [-0.3, -0.25) is 4.79 Å². The van der Waals surface area contributed by atoms with Crippen molar-refractivity contribution < 1.29 is 4.79 Å². The molecule has 0 aromatic carbocycles. The maximum Gasteiger partial charge on any atom is 0.260 e. The van der Waals surface area contributed by atoms with Crippen LogP contribution in [0.5, 0.6) is 0 Å². The highest BCUT2D eigenvalue weighted by atomic mass is 32.1. The van der Waals surface area contributed by atoms with Crippen LogP contribution in [0.4, 0.5) is 11.5 Å². The van der Waals surface area contributed by atoms with Crippen LogP contribution in [0.1, 0.15) is 47.8 Å². The molecule has 1 atom stereocenters. The third-order valence-electron chi connectivity index (χ3n) is 4.70. The van der Waals surface area contributed by atoms with E-state index in [4.69, 9.17) is 22.2 Å². The number of pyridine rings is 1. The van der Waals surface area contributed by atoms with Crippen molar-refractivity contribution in [1.82, 2.24) is 4.98 Å². The summed E-state index contributed by atoms with van der Waals surface area (Å²) >= 11 is 1.29. The number of nitrogens with zero attached hydrogens (tertiary/aromatic N) is 2. The highest BCUT2D eigenvalue weighted by Crippen LogP contribution is 2.38. The van der Waals surface area contributed by atoms with Gasteiger partial charge in [-0.25, -0.2) is 4.98 Å². The Balaban J connectivity index is 2.14. The molecule has 2 aromatic rings. The van der Waals surface area contributed by atoms with Gasteiger partial charge in [-0.2, -0.15) is 0 Å². The summed E-state index contributed by atoms with van der Waals surface area (Å²) in [5.41, 5.74) is 19.2. The van der Waals surface area contributed by atoms with Gasteiger partial charge < -0.3 is 22.1 Å². The van der Waals surface area contributed by atoms with Gasteiger partial charge >= 0.3 is 0 Å². The SMILES string of the molecule is CCCc1cc(N2CCCCC2CN)nc2sc(C(N)=O)c(N)c12. The van der Waals surface area contributed by atoms with E-state index in [1.54, 1.807) is 0 Å². The van der Waals surface area contributed by atoms with E-state index in [-0.39, 0.29) is 0 Å². The van der Waals surface area contributed by atoms with Gasteiger partial charge in [0.05, 0.1) is 5.69 Å². The fourth-order valence-corrected chi connectivity index (χ4v) is 4.52. The molecule has 1 aliphatic rings. The molecule has 7 heteroatoms. The first kappa shape index (κ1) is 17.0. The van der Waals surface area contributed by atoms with Gasteiger partial charge in [0.25, 0.3) is 5.91 Å². The lowest BCUT2D eigenvalue weighted by molar-refractivity contribution is 0.100. The fourth-order valence-electron chi connectivity index (χ4n) is 3.53. The Hall–Kier alpha value is -1.86. The number of piperidine rings is 1. The smallest absolute Gasteiger partial charge is 0.260 e. The van der Waals surface area contributed by atoms with E-state index in [0.717, 1.165) is 53.8 Å². The summed E-state index contributed by atoms with van der Waals surface area (Å²) in [4.78, 5) is 20.0. The molecule has 0 saturated carbocycles. The molecule has 3 heterocycles. The van der Waals surface area contributed by atoms with Crippen LogP contribution in [-0.4, -0.2) is 30.0 Å². The van der Waals surface area contributed by atoms with Crippen molar-refractivity contribution in [2.75, 3.05) is 23.7 Å². The summed E-state index contributed by atoms with van der Waals surface area (Å²) in [5, 5.41) is 0.890. The van der Waals surface area contributed by atoms with Crippen LogP contribution < -0.4 is 22.1 Å². The zero-order chi connectivity index (χ0) is 17.3. The normalized spacial score (nSPS) is 18.2. The number of carbonyl (C=O) groups is 1. The van der Waals surface area contributed by atoms with Crippen molar-refractivity contribution in [3.05, 3.63) is 16.5 Å². The molecule has 6 nitrogen and oxygen atoms in total. The predicted molar refractivity (Wildman–Crippen MR) is 101 cm³/mol. The molecule has 1 amide bonds. The Bertz CT molecular complexity index is 757. The van der Waals surface area contributed by atoms with Gasteiger partial charge in [0.1, 0.15) is 15.5 Å². The lowest BCUT2D eigenvalue weighted by Crippen LogP contribution is -2.44. The third kappa shape index (κ3) is 2.93. The summed E-state index contributed by atoms with van der Waals surface area (Å²) in [6.07, 6.45) is 5.35. The van der Waals surface area contributed by atoms with Crippen LogP contribution in [0, 0.1) is 0 Å². The minimum atomic E-state index is -0.489. The number of anilines is 2. The van der Waals surface area contributed by atoms with Gasteiger partial charge in [-0.05, 0) is 37.3 Å². The quantitative estimate of drug-likeness (QED) is 0.768. The van der Waals surface area contributed by atoms with E-state index in [1.165, 1.54) is 17.8 Å². The summed E-state index contributed by atoms with van der Waals surface area (Å²) < 4.78 is 0. The average molecular weight is 347 g/mol. The molecule has 0 radical (unpaired) electrons. The van der Waals surface area contributed by atoms with Crippen LogP contribution in [0.15, 0.2) is 6.07 Å². The number of carbonyl (C=O) groups excluding carboxylic acids is 1. The molecule has 0 aliphatic carbocycles. The van der Waals surface area contributed by atoms with Crippen molar-refractivity contribution >= 4 is 39.0 Å². The Morgan fingerprint density at radius 1 is 1.46 bits per heavy atom. The van der Waals surface area contributed by atoms with E-state index in [1.807, 2.05) is 0 Å². The molecule has 1 aliphatic heterocycles. The number of aromatic nitrogens is 1. The summed E-state index contributed by atoms with van der Waals surface area (Å²) in [6, 6.07) is 2.44. The first-order valence-corrected chi connectivity index (χ1v) is 9.36. The van der Waals surface area contributed by atoms with E-state index in [9.17, 15) is 4.79 Å². The first-order valence-electron chi connectivity index (χ1n) is 8.55. The van der Waals surface area contributed by atoms with Gasteiger partial charge in [-0.1, -0.05) is 13.3 Å². The fraction of sp³-hybridized carbons (Fsp3) is 0.529. The van der Waals surface area contributed by atoms with Gasteiger partial charge in [0, 0.05) is 24.5 Å². The van der Waals surface area contributed by atoms with E-state index < -0.39 is 5.91 Å². The molecular formula is C17H25N5OS. The number of nitrogens with two attached hydrogens (primary N) is 3. The molecule has 130 valence electrons. The van der Waals surface area contributed by atoms with Crippen molar-refractivity contribution in [1.29, 1.82) is 0 Å². The van der Waals surface area contributed by atoms with Crippen molar-refractivity contribution in [3.8, 4) is 0 Å². The van der Waals surface area contributed by atoms with E-state index in [2.05, 4.69) is 17.9 Å². The van der Waals surface area contributed by atoms with Crippen LogP contribution in [0.3, 0.4) is 0 Å². The van der Waals surface area contributed by atoms with Crippen LogP contribution in [0.25, 0.3) is 10.2 Å². The zero-order valence-corrected chi connectivity index (χ0v) is 14.9. The van der Waals surface area contributed by atoms with Gasteiger partial charge in [-0.15, -0.1) is 11.3 Å². The highest BCUT2D eigenvalue weighted by Gasteiger charge is 2.25. The first-order chi connectivity index (χ1) is 11.6. The predicted octanol–water partition coefficient (Wildman–Crippen LogP) is 2.25. The Kier molecular flexibility index (Phi) is 4.91. The van der Waals surface area contributed by atoms with E-state index in [0.29, 0.717) is 23.2 Å². The number of amides is 1. The summed E-state index contributed by atoms with van der Waals surface area (Å²) in [6.45, 7) is 3.73. The van der Waals surface area contributed by atoms with E-state index >= 15 is 0 Å². The average Bonchev–Trinajstić information content (AvgIpc) is 2.92. The van der Waals surface area contributed by atoms with Crippen molar-refractivity contribution in [2.24, 2.45) is 11.5 Å². The maximum absolute atomic E-state index is 11.6. The molecule has 6 N–H and O–H groups in total. The van der Waals surface area contributed by atoms with Crippen LogP contribution in [-0.2, 0) is 6.42 Å². The second kappa shape index (κ2) is 6.94. The zero-order valence-electron chi connectivity index (χ0n) is 14.0. The second-order valence-corrected chi connectivity index (χ2v) is 7.36.